The fraction of sp³-hybridized carbons (Fsp3) is 0.333. The minimum Gasteiger partial charge on any atom is -0.385 e. The van der Waals surface area contributed by atoms with E-state index in [1.807, 2.05) is 54.6 Å². The number of benzene rings is 2. The summed E-state index contributed by atoms with van der Waals surface area (Å²) in [7, 11) is 1.61. The van der Waals surface area contributed by atoms with Crippen molar-refractivity contribution in [1.82, 2.24) is 4.90 Å². The molecular formula is C24H28N2O3. The van der Waals surface area contributed by atoms with Gasteiger partial charge < -0.3 is 10.1 Å². The second kappa shape index (κ2) is 8.62. The number of ether oxygens (including phenoxy) is 1. The lowest BCUT2D eigenvalue weighted by Gasteiger charge is -2.19. The summed E-state index contributed by atoms with van der Waals surface area (Å²) in [4.78, 5) is 27.4. The molecule has 0 aromatic heterocycles. The molecule has 2 amide bonds. The Morgan fingerprint density at radius 3 is 2.17 bits per heavy atom. The van der Waals surface area contributed by atoms with Crippen LogP contribution in [0, 0.1) is 0 Å². The van der Waals surface area contributed by atoms with Crippen LogP contribution in [0.3, 0.4) is 0 Å². The van der Waals surface area contributed by atoms with Crippen LogP contribution in [0.5, 0.6) is 0 Å². The van der Waals surface area contributed by atoms with Crippen LogP contribution in [0.4, 0.5) is 5.69 Å². The van der Waals surface area contributed by atoms with E-state index in [-0.39, 0.29) is 17.2 Å². The summed E-state index contributed by atoms with van der Waals surface area (Å²) in [6.07, 6.45) is 0.601. The highest BCUT2D eigenvalue weighted by Crippen LogP contribution is 2.31. The van der Waals surface area contributed by atoms with Crippen molar-refractivity contribution < 1.29 is 14.3 Å². The first-order chi connectivity index (χ1) is 13.8. The molecule has 0 radical (unpaired) electrons. The number of nitrogens with zero attached hydrogens (tertiary/aromatic N) is 1. The molecule has 152 valence electrons. The second-order valence-corrected chi connectivity index (χ2v) is 8.18. The largest absolute Gasteiger partial charge is 0.385 e. The third-order valence-electron chi connectivity index (χ3n) is 4.98. The lowest BCUT2D eigenvalue weighted by atomic mass is 9.87. The molecule has 1 aliphatic heterocycles. The zero-order valence-electron chi connectivity index (χ0n) is 17.5. The average molecular weight is 392 g/mol. The molecule has 1 N–H and O–H groups in total. The number of carbonyl (C=O) groups is 2. The van der Waals surface area contributed by atoms with Gasteiger partial charge in [0.15, 0.2) is 0 Å². The van der Waals surface area contributed by atoms with Crippen molar-refractivity contribution in [2.45, 2.75) is 32.6 Å². The van der Waals surface area contributed by atoms with Crippen LogP contribution in [-0.2, 0) is 19.7 Å². The fourth-order valence-corrected chi connectivity index (χ4v) is 3.33. The molecule has 0 aliphatic carbocycles. The molecule has 2 aromatic carbocycles. The maximum atomic E-state index is 13.1. The highest BCUT2D eigenvalue weighted by Gasteiger charge is 2.38. The van der Waals surface area contributed by atoms with Crippen molar-refractivity contribution in [2.75, 3.05) is 25.6 Å². The smallest absolute Gasteiger partial charge is 0.278 e. The Morgan fingerprint density at radius 1 is 0.931 bits per heavy atom. The predicted molar refractivity (Wildman–Crippen MR) is 115 cm³/mol. The molecule has 0 saturated heterocycles. The normalized spacial score (nSPS) is 14.7. The van der Waals surface area contributed by atoms with Gasteiger partial charge in [0.25, 0.3) is 11.8 Å². The van der Waals surface area contributed by atoms with Gasteiger partial charge in [0.2, 0.25) is 0 Å². The number of imide groups is 1. The first kappa shape index (κ1) is 20.8. The average Bonchev–Trinajstić information content (AvgIpc) is 2.93. The lowest BCUT2D eigenvalue weighted by molar-refractivity contribution is -0.136. The molecule has 2 aromatic rings. The van der Waals surface area contributed by atoms with Crippen molar-refractivity contribution in [3.63, 3.8) is 0 Å². The van der Waals surface area contributed by atoms with E-state index in [1.165, 1.54) is 10.5 Å². The van der Waals surface area contributed by atoms with E-state index >= 15 is 0 Å². The maximum Gasteiger partial charge on any atom is 0.278 e. The molecule has 0 atom stereocenters. The standard InChI is InChI=1S/C24H28N2O3/c1-24(2,3)18-11-13-19(14-12-18)25-21-20(17-9-6-5-7-10-17)22(27)26(23(21)28)15-8-16-29-4/h5-7,9-14,25H,8,15-16H2,1-4H3. The minimum absolute atomic E-state index is 0.0459. The van der Waals surface area contributed by atoms with E-state index in [0.717, 1.165) is 11.3 Å². The Balaban J connectivity index is 1.93. The number of carbonyl (C=O) groups excluding carboxylic acids is 2. The predicted octanol–water partition coefficient (Wildman–Crippen LogP) is 4.21. The Labute approximate surface area is 172 Å². The second-order valence-electron chi connectivity index (χ2n) is 8.18. The van der Waals surface area contributed by atoms with E-state index in [0.29, 0.717) is 30.8 Å². The van der Waals surface area contributed by atoms with Crippen molar-refractivity contribution in [2.24, 2.45) is 0 Å². The monoisotopic (exact) mass is 392 g/mol. The summed E-state index contributed by atoms with van der Waals surface area (Å²) < 4.78 is 5.07. The van der Waals surface area contributed by atoms with Crippen molar-refractivity contribution >= 4 is 23.1 Å². The number of nitrogens with one attached hydrogen (secondary N) is 1. The summed E-state index contributed by atoms with van der Waals surface area (Å²) in [5.74, 6) is -0.573. The molecule has 0 fully saturated rings. The zero-order valence-corrected chi connectivity index (χ0v) is 17.5. The lowest BCUT2D eigenvalue weighted by Crippen LogP contribution is -2.33. The highest BCUT2D eigenvalue weighted by atomic mass is 16.5. The highest BCUT2D eigenvalue weighted by molar-refractivity contribution is 6.36. The number of hydrogen-bond donors (Lipinski definition) is 1. The molecule has 5 nitrogen and oxygen atoms in total. The van der Waals surface area contributed by atoms with Gasteiger partial charge in [-0.05, 0) is 35.1 Å². The van der Waals surface area contributed by atoms with Gasteiger partial charge in [-0.1, -0.05) is 63.2 Å². The Kier molecular flexibility index (Phi) is 6.18. The van der Waals surface area contributed by atoms with E-state index in [9.17, 15) is 9.59 Å². The van der Waals surface area contributed by atoms with Gasteiger partial charge in [-0.3, -0.25) is 14.5 Å². The van der Waals surface area contributed by atoms with E-state index in [1.54, 1.807) is 7.11 Å². The topological polar surface area (TPSA) is 58.6 Å². The zero-order chi connectivity index (χ0) is 21.0. The summed E-state index contributed by atoms with van der Waals surface area (Å²) >= 11 is 0. The molecule has 0 bridgehead atoms. The quantitative estimate of drug-likeness (QED) is 0.566. The Morgan fingerprint density at radius 2 is 1.59 bits per heavy atom. The van der Waals surface area contributed by atoms with Crippen LogP contribution >= 0.6 is 0 Å². The van der Waals surface area contributed by atoms with Crippen LogP contribution in [0.2, 0.25) is 0 Å². The van der Waals surface area contributed by atoms with Crippen molar-refractivity contribution in [1.29, 1.82) is 0 Å². The molecule has 3 rings (SSSR count). The summed E-state index contributed by atoms with van der Waals surface area (Å²) in [5.41, 5.74) is 3.49. The van der Waals surface area contributed by atoms with Crippen LogP contribution in [0.1, 0.15) is 38.3 Å². The molecule has 1 aliphatic rings. The van der Waals surface area contributed by atoms with Crippen LogP contribution in [0.25, 0.3) is 5.57 Å². The number of rotatable bonds is 7. The van der Waals surface area contributed by atoms with Crippen molar-refractivity contribution in [3.8, 4) is 0 Å². The number of amides is 2. The fourth-order valence-electron chi connectivity index (χ4n) is 3.33. The van der Waals surface area contributed by atoms with Gasteiger partial charge in [0.05, 0.1) is 5.57 Å². The molecular weight excluding hydrogens is 364 g/mol. The van der Waals surface area contributed by atoms with Crippen LogP contribution < -0.4 is 5.32 Å². The van der Waals surface area contributed by atoms with E-state index in [2.05, 4.69) is 26.1 Å². The van der Waals surface area contributed by atoms with Crippen LogP contribution in [-0.4, -0.2) is 37.0 Å². The molecule has 0 spiro atoms. The third kappa shape index (κ3) is 4.57. The summed E-state index contributed by atoms with van der Waals surface area (Å²) in [5, 5.41) is 3.21. The van der Waals surface area contributed by atoms with Gasteiger partial charge in [0, 0.05) is 25.9 Å². The summed E-state index contributed by atoms with van der Waals surface area (Å²) in [6.45, 7) is 7.29. The third-order valence-corrected chi connectivity index (χ3v) is 4.98. The Hall–Kier alpha value is -2.92. The van der Waals surface area contributed by atoms with Gasteiger partial charge in [-0.15, -0.1) is 0 Å². The molecule has 0 unspecified atom stereocenters. The molecule has 5 heteroatoms. The van der Waals surface area contributed by atoms with Gasteiger partial charge in [0.1, 0.15) is 5.70 Å². The van der Waals surface area contributed by atoms with Gasteiger partial charge in [-0.25, -0.2) is 0 Å². The molecule has 29 heavy (non-hydrogen) atoms. The van der Waals surface area contributed by atoms with Gasteiger partial charge in [-0.2, -0.15) is 0 Å². The maximum absolute atomic E-state index is 13.1. The molecule has 1 heterocycles. The van der Waals surface area contributed by atoms with E-state index in [4.69, 9.17) is 4.74 Å². The first-order valence-electron chi connectivity index (χ1n) is 9.85. The molecule has 0 saturated carbocycles. The summed E-state index contributed by atoms with van der Waals surface area (Å²) in [6, 6.07) is 17.3. The first-order valence-corrected chi connectivity index (χ1v) is 9.85. The van der Waals surface area contributed by atoms with Crippen molar-refractivity contribution in [3.05, 3.63) is 71.4 Å². The SMILES string of the molecule is COCCCN1C(=O)C(Nc2ccc(C(C)(C)C)cc2)=C(c2ccccc2)C1=O. The number of hydrogen-bond acceptors (Lipinski definition) is 4. The number of anilines is 1. The van der Waals surface area contributed by atoms with Crippen LogP contribution in [0.15, 0.2) is 60.3 Å². The van der Waals surface area contributed by atoms with Gasteiger partial charge >= 0.3 is 0 Å². The number of methoxy groups -OCH3 is 1. The Bertz CT molecular complexity index is 909. The minimum atomic E-state index is -0.301. The van der Waals surface area contributed by atoms with E-state index < -0.39 is 0 Å².